The zero-order valence-electron chi connectivity index (χ0n) is 18.0. The molecule has 0 heterocycles. The van der Waals surface area contributed by atoms with E-state index in [9.17, 15) is 4.79 Å². The number of para-hydroxylation sites is 1. The number of guanidine groups is 1. The fraction of sp³-hybridized carbons (Fsp3) is 0.391. The van der Waals surface area contributed by atoms with Gasteiger partial charge in [0, 0.05) is 32.2 Å². The molecule has 7 heteroatoms. The molecule has 2 aromatic rings. The van der Waals surface area contributed by atoms with E-state index in [1.807, 2.05) is 42.5 Å². The van der Waals surface area contributed by atoms with Crippen LogP contribution in [0.4, 0.5) is 0 Å². The number of methoxy groups -OCH3 is 1. The molecule has 6 nitrogen and oxygen atoms in total. The summed E-state index contributed by atoms with van der Waals surface area (Å²) in [6.45, 7) is 4.20. The van der Waals surface area contributed by atoms with Crippen molar-refractivity contribution in [3.8, 4) is 5.75 Å². The predicted molar refractivity (Wildman–Crippen MR) is 134 cm³/mol. The number of nitrogens with one attached hydrogen (secondary N) is 3. The second-order valence-corrected chi connectivity index (χ2v) is 6.72. The number of aliphatic imine (C=N–C) groups is 1. The van der Waals surface area contributed by atoms with Gasteiger partial charge in [-0.15, -0.1) is 24.0 Å². The summed E-state index contributed by atoms with van der Waals surface area (Å²) in [5.74, 6) is 1.61. The van der Waals surface area contributed by atoms with Crippen LogP contribution in [0.3, 0.4) is 0 Å². The molecule has 2 aromatic carbocycles. The lowest BCUT2D eigenvalue weighted by Gasteiger charge is -2.13. The Morgan fingerprint density at radius 2 is 1.73 bits per heavy atom. The number of rotatable bonds is 10. The molecule has 0 aliphatic carbocycles. The fourth-order valence-electron chi connectivity index (χ4n) is 2.89. The maximum atomic E-state index is 12.1. The molecular weight excluding hydrogens is 491 g/mol. The lowest BCUT2D eigenvalue weighted by atomic mass is 10.1. The van der Waals surface area contributed by atoms with Gasteiger partial charge in [-0.1, -0.05) is 43.7 Å². The summed E-state index contributed by atoms with van der Waals surface area (Å²) in [6, 6.07) is 15.7. The maximum Gasteiger partial charge on any atom is 0.251 e. The molecule has 0 aliphatic heterocycles. The van der Waals surface area contributed by atoms with E-state index in [1.165, 1.54) is 0 Å². The highest BCUT2D eigenvalue weighted by Crippen LogP contribution is 2.17. The molecule has 0 saturated carbocycles. The van der Waals surface area contributed by atoms with Crippen molar-refractivity contribution in [1.29, 1.82) is 0 Å². The van der Waals surface area contributed by atoms with E-state index in [0.29, 0.717) is 12.1 Å². The minimum atomic E-state index is -0.0215. The summed E-state index contributed by atoms with van der Waals surface area (Å²) >= 11 is 0. The predicted octanol–water partition coefficient (Wildman–Crippen LogP) is 3.75. The molecule has 0 radical (unpaired) electrons. The molecule has 1 amide bonds. The van der Waals surface area contributed by atoms with Gasteiger partial charge in [-0.25, -0.2) is 0 Å². The van der Waals surface area contributed by atoms with Crippen LogP contribution in [-0.2, 0) is 13.0 Å². The molecule has 0 aliphatic rings. The smallest absolute Gasteiger partial charge is 0.251 e. The third kappa shape index (κ3) is 8.61. The van der Waals surface area contributed by atoms with E-state index in [4.69, 9.17) is 4.74 Å². The lowest BCUT2D eigenvalue weighted by molar-refractivity contribution is 0.0953. The van der Waals surface area contributed by atoms with Gasteiger partial charge in [0.2, 0.25) is 0 Å². The largest absolute Gasteiger partial charge is 0.496 e. The van der Waals surface area contributed by atoms with Gasteiger partial charge in [0.05, 0.1) is 7.11 Å². The Bertz CT molecular complexity index is 794. The van der Waals surface area contributed by atoms with Crippen LogP contribution >= 0.6 is 24.0 Å². The van der Waals surface area contributed by atoms with Gasteiger partial charge in [0.25, 0.3) is 5.91 Å². The van der Waals surface area contributed by atoms with Gasteiger partial charge in [-0.2, -0.15) is 0 Å². The van der Waals surface area contributed by atoms with E-state index in [0.717, 1.165) is 55.2 Å². The third-order valence-electron chi connectivity index (χ3n) is 4.59. The maximum absolute atomic E-state index is 12.1. The SMILES string of the molecule is CCCCNC(=O)c1ccc(CNC(=NC)NCCc2ccccc2OC)cc1.I. The first-order valence-electron chi connectivity index (χ1n) is 10.1. The number of amides is 1. The van der Waals surface area contributed by atoms with Crippen molar-refractivity contribution in [3.63, 3.8) is 0 Å². The van der Waals surface area contributed by atoms with E-state index < -0.39 is 0 Å². The summed E-state index contributed by atoms with van der Waals surface area (Å²) in [7, 11) is 3.44. The van der Waals surface area contributed by atoms with E-state index in [1.54, 1.807) is 14.2 Å². The number of hydrogen-bond acceptors (Lipinski definition) is 3. The Morgan fingerprint density at radius 3 is 2.40 bits per heavy atom. The topological polar surface area (TPSA) is 74.8 Å². The molecule has 0 unspecified atom stereocenters. The summed E-state index contributed by atoms with van der Waals surface area (Å²) < 4.78 is 5.39. The van der Waals surface area contributed by atoms with Crippen LogP contribution in [0.2, 0.25) is 0 Å². The summed E-state index contributed by atoms with van der Waals surface area (Å²) in [6.07, 6.45) is 2.91. The molecule has 0 aromatic heterocycles. The molecular formula is C23H33IN4O2. The second kappa shape index (κ2) is 14.7. The Labute approximate surface area is 196 Å². The number of carbonyl (C=O) groups excluding carboxylic acids is 1. The minimum Gasteiger partial charge on any atom is -0.496 e. The highest BCUT2D eigenvalue weighted by molar-refractivity contribution is 14.0. The molecule has 3 N–H and O–H groups in total. The van der Waals surface area contributed by atoms with Crippen LogP contribution in [0.5, 0.6) is 5.75 Å². The normalized spacial score (nSPS) is 10.7. The molecule has 0 saturated heterocycles. The number of ether oxygens (including phenoxy) is 1. The van der Waals surface area contributed by atoms with E-state index >= 15 is 0 Å². The van der Waals surface area contributed by atoms with Gasteiger partial charge >= 0.3 is 0 Å². The van der Waals surface area contributed by atoms with Gasteiger partial charge < -0.3 is 20.7 Å². The fourth-order valence-corrected chi connectivity index (χ4v) is 2.89. The van der Waals surface area contributed by atoms with Crippen molar-refractivity contribution in [2.75, 3.05) is 27.2 Å². The molecule has 0 bridgehead atoms. The Hall–Kier alpha value is -2.29. The molecule has 0 atom stereocenters. The summed E-state index contributed by atoms with van der Waals surface area (Å²) in [5, 5.41) is 9.55. The van der Waals surface area contributed by atoms with E-state index in [2.05, 4.69) is 33.9 Å². The monoisotopic (exact) mass is 524 g/mol. The summed E-state index contributed by atoms with van der Waals surface area (Å²) in [5.41, 5.74) is 2.93. The van der Waals surface area contributed by atoms with Gasteiger partial charge in [0.15, 0.2) is 5.96 Å². The number of carbonyl (C=O) groups is 1. The zero-order chi connectivity index (χ0) is 20.9. The number of halogens is 1. The molecule has 0 fully saturated rings. The molecule has 164 valence electrons. The summed E-state index contributed by atoms with van der Waals surface area (Å²) in [4.78, 5) is 16.3. The Balaban J connectivity index is 0.00000450. The number of unbranched alkanes of at least 4 members (excludes halogenated alkanes) is 1. The van der Waals surface area contributed by atoms with Crippen molar-refractivity contribution < 1.29 is 9.53 Å². The van der Waals surface area contributed by atoms with Crippen molar-refractivity contribution in [1.82, 2.24) is 16.0 Å². The Kier molecular flexibility index (Phi) is 12.6. The van der Waals surface area contributed by atoms with Crippen LogP contribution in [0.25, 0.3) is 0 Å². The quantitative estimate of drug-likeness (QED) is 0.192. The standard InChI is InChI=1S/C23H32N4O2.HI/c1-4-5-15-25-22(28)20-12-10-18(11-13-20)17-27-23(24-2)26-16-14-19-8-6-7-9-21(19)29-3;/h6-13H,4-5,14-17H2,1-3H3,(H,25,28)(H2,24,26,27);1H. The van der Waals surface area contributed by atoms with Crippen LogP contribution < -0.4 is 20.7 Å². The average Bonchev–Trinajstić information content (AvgIpc) is 2.76. The minimum absolute atomic E-state index is 0. The Morgan fingerprint density at radius 1 is 1.00 bits per heavy atom. The number of nitrogens with zero attached hydrogens (tertiary/aromatic N) is 1. The zero-order valence-corrected chi connectivity index (χ0v) is 20.4. The number of benzene rings is 2. The molecule has 2 rings (SSSR count). The average molecular weight is 524 g/mol. The van der Waals surface area contributed by atoms with Crippen LogP contribution in [0, 0.1) is 0 Å². The lowest BCUT2D eigenvalue weighted by Crippen LogP contribution is -2.37. The van der Waals surface area contributed by atoms with Crippen molar-refractivity contribution in [3.05, 3.63) is 65.2 Å². The van der Waals surface area contributed by atoms with Crippen molar-refractivity contribution in [2.24, 2.45) is 4.99 Å². The number of hydrogen-bond donors (Lipinski definition) is 3. The molecule has 0 spiro atoms. The molecule has 30 heavy (non-hydrogen) atoms. The van der Waals surface area contributed by atoms with Crippen LogP contribution in [-0.4, -0.2) is 39.1 Å². The third-order valence-corrected chi connectivity index (χ3v) is 4.59. The van der Waals surface area contributed by atoms with Crippen molar-refractivity contribution >= 4 is 35.8 Å². The van der Waals surface area contributed by atoms with Crippen LogP contribution in [0.1, 0.15) is 41.3 Å². The van der Waals surface area contributed by atoms with Crippen molar-refractivity contribution in [2.45, 2.75) is 32.7 Å². The highest BCUT2D eigenvalue weighted by atomic mass is 127. The second-order valence-electron chi connectivity index (χ2n) is 6.72. The van der Waals surface area contributed by atoms with Gasteiger partial charge in [-0.05, 0) is 42.2 Å². The van der Waals surface area contributed by atoms with E-state index in [-0.39, 0.29) is 29.9 Å². The first-order chi connectivity index (χ1) is 14.2. The van der Waals surface area contributed by atoms with Gasteiger partial charge in [0.1, 0.15) is 5.75 Å². The highest BCUT2D eigenvalue weighted by Gasteiger charge is 2.05. The first-order valence-corrected chi connectivity index (χ1v) is 10.1. The van der Waals surface area contributed by atoms with Crippen LogP contribution in [0.15, 0.2) is 53.5 Å². The first kappa shape index (κ1) is 25.7. The van der Waals surface area contributed by atoms with Gasteiger partial charge in [-0.3, -0.25) is 9.79 Å².